The van der Waals surface area contributed by atoms with Gasteiger partial charge in [-0.2, -0.15) is 0 Å². The summed E-state index contributed by atoms with van der Waals surface area (Å²) < 4.78 is 0. The lowest BCUT2D eigenvalue weighted by atomic mass is 9.71. The smallest absolute Gasteiger partial charge is 0.248 e. The van der Waals surface area contributed by atoms with Crippen molar-refractivity contribution in [1.82, 2.24) is 0 Å². The van der Waals surface area contributed by atoms with Gasteiger partial charge in [0.2, 0.25) is 5.91 Å². The topological polar surface area (TPSA) is 37.4 Å². The number of rotatable bonds is 3. The van der Waals surface area contributed by atoms with Gasteiger partial charge in [-0.1, -0.05) is 42.5 Å². The van der Waals surface area contributed by atoms with Gasteiger partial charge in [0.25, 0.3) is 0 Å². The molecular weight excluding hydrogens is 333 g/mol. The minimum atomic E-state index is -1.62. The first-order valence-electron chi connectivity index (χ1n) is 7.34. The van der Waals surface area contributed by atoms with E-state index in [0.717, 1.165) is 0 Å². The van der Waals surface area contributed by atoms with Crippen molar-refractivity contribution >= 4 is 40.6 Å². The van der Waals surface area contributed by atoms with Crippen molar-refractivity contribution in [2.75, 3.05) is 11.4 Å². The average Bonchev–Trinajstić information content (AvgIpc) is 2.56. The van der Waals surface area contributed by atoms with E-state index in [1.165, 1.54) is 0 Å². The number of halogens is 2. The summed E-state index contributed by atoms with van der Waals surface area (Å²) in [6.45, 7) is 2.29. The lowest BCUT2D eigenvalue weighted by Crippen LogP contribution is -2.59. The van der Waals surface area contributed by atoms with E-state index in [0.29, 0.717) is 23.4 Å². The van der Waals surface area contributed by atoms with Crippen LogP contribution in [0.1, 0.15) is 22.8 Å². The zero-order valence-electron chi connectivity index (χ0n) is 12.5. The first kappa shape index (κ1) is 16.0. The lowest BCUT2D eigenvalue weighted by Gasteiger charge is -2.42. The summed E-state index contributed by atoms with van der Waals surface area (Å²) in [5.41, 5.74) is -0.0399. The van der Waals surface area contributed by atoms with Gasteiger partial charge in [-0.3, -0.25) is 9.59 Å². The lowest BCUT2D eigenvalue weighted by molar-refractivity contribution is -0.122. The SMILES string of the molecule is CCN1C(=O)[C@](c2ccccc2)(C(Cl)Cl)C(=O)c2ccccc21. The van der Waals surface area contributed by atoms with Crippen LogP contribution in [0.25, 0.3) is 0 Å². The third-order valence-corrected chi connectivity index (χ3v) is 4.91. The second-order valence-corrected chi connectivity index (χ2v) is 6.47. The quantitative estimate of drug-likeness (QED) is 0.622. The molecule has 0 radical (unpaired) electrons. The van der Waals surface area contributed by atoms with Crippen LogP contribution in [0.4, 0.5) is 5.69 Å². The number of carbonyl (C=O) groups is 2. The summed E-state index contributed by atoms with van der Waals surface area (Å²) in [6.07, 6.45) is 0. The van der Waals surface area contributed by atoms with Crippen LogP contribution in [0.2, 0.25) is 0 Å². The van der Waals surface area contributed by atoms with Gasteiger partial charge in [-0.15, -0.1) is 23.2 Å². The Balaban J connectivity index is 2.33. The molecule has 0 aliphatic carbocycles. The van der Waals surface area contributed by atoms with Crippen LogP contribution in [0.15, 0.2) is 54.6 Å². The molecule has 0 unspecified atom stereocenters. The van der Waals surface area contributed by atoms with E-state index in [-0.39, 0.29) is 11.7 Å². The molecule has 0 saturated carbocycles. The van der Waals surface area contributed by atoms with Crippen molar-refractivity contribution < 1.29 is 9.59 Å². The number of carbonyl (C=O) groups excluding carboxylic acids is 2. The molecule has 1 aliphatic rings. The number of hydrogen-bond acceptors (Lipinski definition) is 2. The Morgan fingerprint density at radius 3 is 2.22 bits per heavy atom. The molecule has 2 aromatic rings. The first-order chi connectivity index (χ1) is 11.0. The number of nitrogens with zero attached hydrogens (tertiary/aromatic N) is 1. The molecule has 23 heavy (non-hydrogen) atoms. The maximum Gasteiger partial charge on any atom is 0.248 e. The number of Topliss-reactive ketones (excluding diaryl/α,β-unsaturated/α-hetero) is 1. The highest BCUT2D eigenvalue weighted by Gasteiger charge is 2.57. The van der Waals surface area contributed by atoms with Gasteiger partial charge in [0.1, 0.15) is 4.84 Å². The summed E-state index contributed by atoms with van der Waals surface area (Å²) in [4.78, 5) is 26.8. The summed E-state index contributed by atoms with van der Waals surface area (Å²) in [5.74, 6) is -0.742. The Kier molecular flexibility index (Phi) is 4.17. The van der Waals surface area contributed by atoms with Crippen LogP contribution in [0.5, 0.6) is 0 Å². The van der Waals surface area contributed by atoms with Gasteiger partial charge in [0.05, 0.1) is 5.69 Å². The van der Waals surface area contributed by atoms with Crippen LogP contribution in [0.3, 0.4) is 0 Å². The summed E-state index contributed by atoms with van der Waals surface area (Å²) >= 11 is 12.4. The zero-order valence-corrected chi connectivity index (χ0v) is 14.0. The third-order valence-electron chi connectivity index (χ3n) is 4.25. The van der Waals surface area contributed by atoms with Crippen molar-refractivity contribution in [2.45, 2.75) is 17.2 Å². The number of anilines is 1. The minimum absolute atomic E-state index is 0.357. The van der Waals surface area contributed by atoms with Gasteiger partial charge < -0.3 is 4.90 Å². The molecule has 1 aliphatic heterocycles. The molecular formula is C18H15Cl2NO2. The van der Waals surface area contributed by atoms with Crippen molar-refractivity contribution in [2.24, 2.45) is 0 Å². The maximum atomic E-state index is 13.2. The highest BCUT2D eigenvalue weighted by molar-refractivity contribution is 6.51. The number of hydrogen-bond donors (Lipinski definition) is 0. The second-order valence-electron chi connectivity index (χ2n) is 5.37. The molecule has 2 aromatic carbocycles. The van der Waals surface area contributed by atoms with Crippen molar-refractivity contribution in [1.29, 1.82) is 0 Å². The highest BCUT2D eigenvalue weighted by atomic mass is 35.5. The molecule has 0 bridgehead atoms. The zero-order chi connectivity index (χ0) is 16.6. The van der Waals surface area contributed by atoms with Crippen molar-refractivity contribution in [3.63, 3.8) is 0 Å². The predicted octanol–water partition coefficient (Wildman–Crippen LogP) is 3.98. The number of alkyl halides is 2. The van der Waals surface area contributed by atoms with E-state index in [4.69, 9.17) is 23.2 Å². The van der Waals surface area contributed by atoms with Crippen LogP contribution in [-0.4, -0.2) is 23.1 Å². The van der Waals surface area contributed by atoms with E-state index >= 15 is 0 Å². The van der Waals surface area contributed by atoms with Crippen molar-refractivity contribution in [3.8, 4) is 0 Å². The van der Waals surface area contributed by atoms with E-state index in [1.54, 1.807) is 53.4 Å². The largest absolute Gasteiger partial charge is 0.311 e. The van der Waals surface area contributed by atoms with Crippen LogP contribution >= 0.6 is 23.2 Å². The molecule has 1 atom stereocenters. The van der Waals surface area contributed by atoms with E-state index in [1.807, 2.05) is 13.0 Å². The Morgan fingerprint density at radius 1 is 1.00 bits per heavy atom. The predicted molar refractivity (Wildman–Crippen MR) is 92.4 cm³/mol. The molecule has 0 N–H and O–H groups in total. The molecule has 3 nitrogen and oxygen atoms in total. The Morgan fingerprint density at radius 2 is 1.61 bits per heavy atom. The molecule has 3 rings (SSSR count). The second kappa shape index (κ2) is 5.99. The van der Waals surface area contributed by atoms with Gasteiger partial charge >= 0.3 is 0 Å². The fourth-order valence-corrected chi connectivity index (χ4v) is 3.76. The minimum Gasteiger partial charge on any atom is -0.311 e. The van der Waals surface area contributed by atoms with Gasteiger partial charge in [-0.25, -0.2) is 0 Å². The normalized spacial score (nSPS) is 20.8. The Labute approximate surface area is 144 Å². The number of ketones is 1. The molecule has 0 saturated heterocycles. The maximum absolute atomic E-state index is 13.2. The molecule has 1 heterocycles. The standard InChI is InChI=1S/C18H15Cl2NO2/c1-2-21-14-11-7-6-10-13(14)15(22)18(16(19)20,17(21)23)12-8-4-3-5-9-12/h3-11,16H,2H2,1H3/t18-/m0/s1. The van der Waals surface area contributed by atoms with E-state index in [2.05, 4.69) is 0 Å². The number of benzene rings is 2. The van der Waals surface area contributed by atoms with Crippen LogP contribution in [-0.2, 0) is 10.2 Å². The molecule has 1 amide bonds. The van der Waals surface area contributed by atoms with Gasteiger partial charge in [0.15, 0.2) is 11.2 Å². The first-order valence-corrected chi connectivity index (χ1v) is 8.21. The third kappa shape index (κ3) is 2.19. The van der Waals surface area contributed by atoms with Gasteiger partial charge in [-0.05, 0) is 24.6 Å². The number of amides is 1. The van der Waals surface area contributed by atoms with E-state index < -0.39 is 10.3 Å². The van der Waals surface area contributed by atoms with Crippen LogP contribution in [0, 0.1) is 0 Å². The number of para-hydroxylation sites is 1. The molecule has 5 heteroatoms. The molecule has 118 valence electrons. The Bertz CT molecular complexity index is 761. The summed E-state index contributed by atoms with van der Waals surface area (Å²) in [5, 5.41) is 0. The van der Waals surface area contributed by atoms with Crippen molar-refractivity contribution in [3.05, 3.63) is 65.7 Å². The van der Waals surface area contributed by atoms with Gasteiger partial charge in [0, 0.05) is 12.1 Å². The highest BCUT2D eigenvalue weighted by Crippen LogP contribution is 2.45. The number of likely N-dealkylation sites (N-methyl/N-ethyl adjacent to an activating group) is 1. The average molecular weight is 348 g/mol. The van der Waals surface area contributed by atoms with Crippen LogP contribution < -0.4 is 4.90 Å². The molecule has 0 fully saturated rings. The number of fused-ring (bicyclic) bond motifs is 1. The van der Waals surface area contributed by atoms with E-state index in [9.17, 15) is 9.59 Å². The summed E-state index contributed by atoms with van der Waals surface area (Å²) in [7, 11) is 0. The fraction of sp³-hybridized carbons (Fsp3) is 0.222. The Hall–Kier alpha value is -1.84. The fourth-order valence-electron chi connectivity index (χ4n) is 3.12. The monoisotopic (exact) mass is 347 g/mol. The summed E-state index contributed by atoms with van der Waals surface area (Å²) in [6, 6.07) is 15.8. The molecule has 0 aromatic heterocycles. The molecule has 0 spiro atoms.